The first kappa shape index (κ1) is 14.0. The van der Waals surface area contributed by atoms with Gasteiger partial charge in [-0.05, 0) is 37.7 Å². The van der Waals surface area contributed by atoms with E-state index in [1.165, 1.54) is 27.0 Å². The zero-order valence-corrected chi connectivity index (χ0v) is 13.3. The summed E-state index contributed by atoms with van der Waals surface area (Å²) in [6.45, 7) is 4.33. The maximum Gasteiger partial charge on any atom is -0.0134 e. The van der Waals surface area contributed by atoms with Gasteiger partial charge in [-0.1, -0.05) is 90.0 Å². The molecule has 0 aliphatic carbocycles. The predicted molar refractivity (Wildman–Crippen MR) is 94.6 cm³/mol. The third-order valence-corrected chi connectivity index (χ3v) is 5.94. The van der Waals surface area contributed by atoms with E-state index in [1.807, 2.05) is 0 Å². The first-order valence-corrected chi connectivity index (χ1v) is 8.57. The van der Waals surface area contributed by atoms with E-state index >= 15 is 0 Å². The molecule has 0 aliphatic heterocycles. The predicted octanol–water partition coefficient (Wildman–Crippen LogP) is 4.06. The fourth-order valence-corrected chi connectivity index (χ4v) is 5.06. The maximum atomic E-state index is 2.32. The molecular weight excluding hydrogens is 271 g/mol. The first-order valence-electron chi connectivity index (χ1n) is 7.22. The molecule has 0 radical (unpaired) electrons. The van der Waals surface area contributed by atoms with E-state index in [4.69, 9.17) is 0 Å². The monoisotopic (exact) mass is 290 g/mol. The smallest absolute Gasteiger partial charge is 0.0134 e. The lowest BCUT2D eigenvalue weighted by Gasteiger charge is -2.20. The van der Waals surface area contributed by atoms with E-state index in [2.05, 4.69) is 92.7 Å². The van der Waals surface area contributed by atoms with Gasteiger partial charge in [0.15, 0.2) is 0 Å². The lowest BCUT2D eigenvalue weighted by atomic mass is 10.2. The topological polar surface area (TPSA) is 0 Å². The van der Waals surface area contributed by atoms with Crippen LogP contribution in [-0.2, 0) is 0 Å². The van der Waals surface area contributed by atoms with Crippen LogP contribution in [0.2, 0.25) is 0 Å². The standard InChI is InChI=1S/C20H19P/c1-16-8-6-12-19(14-16)21(18-10-4-3-5-11-18)20-13-7-9-17(2)15-20/h3-15H,1-2H3. The second-order valence-electron chi connectivity index (χ2n) is 5.35. The molecule has 0 unspecified atom stereocenters. The maximum absolute atomic E-state index is 2.32. The van der Waals surface area contributed by atoms with Gasteiger partial charge in [-0.3, -0.25) is 0 Å². The molecule has 0 atom stereocenters. The Kier molecular flexibility index (Phi) is 4.18. The molecule has 1 heteroatoms. The minimum absolute atomic E-state index is 0.478. The summed E-state index contributed by atoms with van der Waals surface area (Å²) < 4.78 is 0. The number of benzene rings is 3. The van der Waals surface area contributed by atoms with Crippen LogP contribution in [0.5, 0.6) is 0 Å². The van der Waals surface area contributed by atoms with Crippen LogP contribution in [0, 0.1) is 13.8 Å². The van der Waals surface area contributed by atoms with Gasteiger partial charge in [-0.2, -0.15) is 0 Å². The molecule has 0 amide bonds. The molecule has 0 fully saturated rings. The number of rotatable bonds is 3. The highest BCUT2D eigenvalue weighted by Crippen LogP contribution is 2.33. The van der Waals surface area contributed by atoms with Crippen molar-refractivity contribution in [1.82, 2.24) is 0 Å². The van der Waals surface area contributed by atoms with Gasteiger partial charge in [0.05, 0.1) is 0 Å². The van der Waals surface area contributed by atoms with Gasteiger partial charge in [0.2, 0.25) is 0 Å². The van der Waals surface area contributed by atoms with Crippen molar-refractivity contribution in [1.29, 1.82) is 0 Å². The van der Waals surface area contributed by atoms with Crippen LogP contribution in [0.1, 0.15) is 11.1 Å². The highest BCUT2D eigenvalue weighted by Gasteiger charge is 2.16. The molecule has 0 saturated heterocycles. The molecule has 0 bridgehead atoms. The number of hydrogen-bond acceptors (Lipinski definition) is 0. The summed E-state index contributed by atoms with van der Waals surface area (Å²) in [6, 6.07) is 28.7. The van der Waals surface area contributed by atoms with Gasteiger partial charge < -0.3 is 0 Å². The second-order valence-corrected chi connectivity index (χ2v) is 7.57. The van der Waals surface area contributed by atoms with Crippen molar-refractivity contribution in [2.75, 3.05) is 0 Å². The van der Waals surface area contributed by atoms with E-state index in [0.717, 1.165) is 0 Å². The third kappa shape index (κ3) is 3.23. The minimum Gasteiger partial charge on any atom is -0.0622 e. The fraction of sp³-hybridized carbons (Fsp3) is 0.100. The van der Waals surface area contributed by atoms with E-state index < -0.39 is 7.92 Å². The SMILES string of the molecule is Cc1cccc(P(c2ccccc2)c2cccc(C)c2)c1. The minimum atomic E-state index is -0.478. The van der Waals surface area contributed by atoms with Crippen molar-refractivity contribution in [3.63, 3.8) is 0 Å². The Morgan fingerprint density at radius 3 is 1.48 bits per heavy atom. The van der Waals surface area contributed by atoms with Gasteiger partial charge in [-0.15, -0.1) is 0 Å². The van der Waals surface area contributed by atoms with Gasteiger partial charge in [0.25, 0.3) is 0 Å². The molecule has 0 nitrogen and oxygen atoms in total. The largest absolute Gasteiger partial charge is 0.0622 e. The van der Waals surface area contributed by atoms with Crippen molar-refractivity contribution >= 4 is 23.8 Å². The molecule has 0 aromatic heterocycles. The zero-order valence-electron chi connectivity index (χ0n) is 12.5. The van der Waals surface area contributed by atoms with Crippen LogP contribution in [0.15, 0.2) is 78.9 Å². The van der Waals surface area contributed by atoms with Crippen molar-refractivity contribution in [2.45, 2.75) is 13.8 Å². The summed E-state index contributed by atoms with van der Waals surface area (Å²) in [7, 11) is -0.478. The Morgan fingerprint density at radius 2 is 1.00 bits per heavy atom. The summed E-state index contributed by atoms with van der Waals surface area (Å²) in [5, 5.41) is 4.24. The summed E-state index contributed by atoms with van der Waals surface area (Å²) >= 11 is 0. The van der Waals surface area contributed by atoms with Crippen LogP contribution >= 0.6 is 7.92 Å². The Hall–Kier alpha value is -1.91. The summed E-state index contributed by atoms with van der Waals surface area (Å²) in [6.07, 6.45) is 0. The number of aryl methyl sites for hydroxylation is 2. The Bertz CT molecular complexity index is 686. The van der Waals surface area contributed by atoms with E-state index in [9.17, 15) is 0 Å². The Balaban J connectivity index is 2.16. The van der Waals surface area contributed by atoms with Crippen LogP contribution < -0.4 is 15.9 Å². The van der Waals surface area contributed by atoms with E-state index in [-0.39, 0.29) is 0 Å². The first-order chi connectivity index (χ1) is 10.2. The summed E-state index contributed by atoms with van der Waals surface area (Å²) in [4.78, 5) is 0. The molecule has 0 heterocycles. The average molecular weight is 290 g/mol. The van der Waals surface area contributed by atoms with Crippen molar-refractivity contribution < 1.29 is 0 Å². The normalized spacial score (nSPS) is 10.8. The molecule has 104 valence electrons. The van der Waals surface area contributed by atoms with Crippen LogP contribution in [-0.4, -0.2) is 0 Å². The van der Waals surface area contributed by atoms with Gasteiger partial charge >= 0.3 is 0 Å². The summed E-state index contributed by atoms with van der Waals surface area (Å²) in [5.41, 5.74) is 2.65. The highest BCUT2D eigenvalue weighted by molar-refractivity contribution is 7.79. The molecule has 0 spiro atoms. The molecule has 21 heavy (non-hydrogen) atoms. The van der Waals surface area contributed by atoms with Crippen LogP contribution in [0.4, 0.5) is 0 Å². The molecule has 0 N–H and O–H groups in total. The van der Waals surface area contributed by atoms with Gasteiger partial charge in [0.1, 0.15) is 0 Å². The molecule has 3 rings (SSSR count). The quantitative estimate of drug-likeness (QED) is 0.638. The average Bonchev–Trinajstić information content (AvgIpc) is 2.49. The fourth-order valence-electron chi connectivity index (χ4n) is 2.56. The van der Waals surface area contributed by atoms with Crippen molar-refractivity contribution in [2.24, 2.45) is 0 Å². The van der Waals surface area contributed by atoms with E-state index in [1.54, 1.807) is 0 Å². The van der Waals surface area contributed by atoms with Crippen molar-refractivity contribution in [3.05, 3.63) is 90.0 Å². The molecule has 3 aromatic carbocycles. The van der Waals surface area contributed by atoms with Crippen LogP contribution in [0.25, 0.3) is 0 Å². The lowest BCUT2D eigenvalue weighted by Crippen LogP contribution is -2.20. The zero-order chi connectivity index (χ0) is 14.7. The van der Waals surface area contributed by atoms with Crippen LogP contribution in [0.3, 0.4) is 0 Å². The lowest BCUT2D eigenvalue weighted by molar-refractivity contribution is 1.49. The summed E-state index contributed by atoms with van der Waals surface area (Å²) in [5.74, 6) is 0. The second kappa shape index (κ2) is 6.24. The molecular formula is C20H19P. The highest BCUT2D eigenvalue weighted by atomic mass is 31.1. The molecule has 0 aliphatic rings. The Labute approximate surface area is 128 Å². The number of hydrogen-bond donors (Lipinski definition) is 0. The molecule has 3 aromatic rings. The molecule has 0 saturated carbocycles. The Morgan fingerprint density at radius 1 is 0.524 bits per heavy atom. The third-order valence-electron chi connectivity index (χ3n) is 3.53. The van der Waals surface area contributed by atoms with Gasteiger partial charge in [-0.25, -0.2) is 0 Å². The van der Waals surface area contributed by atoms with Gasteiger partial charge in [0, 0.05) is 0 Å². The van der Waals surface area contributed by atoms with Crippen molar-refractivity contribution in [3.8, 4) is 0 Å². The van der Waals surface area contributed by atoms with E-state index in [0.29, 0.717) is 0 Å².